The van der Waals surface area contributed by atoms with E-state index in [1.54, 1.807) is 12.1 Å². The lowest BCUT2D eigenvalue weighted by atomic mass is 9.94. The van der Waals surface area contributed by atoms with Crippen molar-refractivity contribution in [1.29, 1.82) is 0 Å². The molecule has 0 aliphatic carbocycles. The summed E-state index contributed by atoms with van der Waals surface area (Å²) in [6, 6.07) is 21.7. The van der Waals surface area contributed by atoms with E-state index in [1.165, 1.54) is 16.8 Å². The SMILES string of the molecule is CN1CC2(CO[Si](c3ccccc3)(c3ccccc3)C(C)(C)C)OC(n3ccc(=O)[nH]c3=O)C(O1)C2O. The molecule has 2 aliphatic heterocycles. The van der Waals surface area contributed by atoms with Crippen molar-refractivity contribution in [2.24, 2.45) is 0 Å². The fourth-order valence-electron chi connectivity index (χ4n) is 5.69. The van der Waals surface area contributed by atoms with Crippen LogP contribution in [0.2, 0.25) is 5.04 Å². The minimum Gasteiger partial charge on any atom is -0.404 e. The first-order valence-electron chi connectivity index (χ1n) is 12.4. The van der Waals surface area contributed by atoms with Crippen LogP contribution in [0, 0.1) is 0 Å². The zero-order chi connectivity index (χ0) is 26.4. The number of nitrogens with zero attached hydrogens (tertiary/aromatic N) is 2. The fourth-order valence-corrected chi connectivity index (χ4v) is 10.3. The van der Waals surface area contributed by atoms with Crippen molar-refractivity contribution in [3.63, 3.8) is 0 Å². The van der Waals surface area contributed by atoms with Gasteiger partial charge in [0.15, 0.2) is 12.3 Å². The molecule has 4 atom stereocenters. The number of hydrogen-bond acceptors (Lipinski definition) is 7. The summed E-state index contributed by atoms with van der Waals surface area (Å²) < 4.78 is 14.8. The Morgan fingerprint density at radius 2 is 1.65 bits per heavy atom. The van der Waals surface area contributed by atoms with E-state index in [0.29, 0.717) is 0 Å². The lowest BCUT2D eigenvalue weighted by Crippen LogP contribution is -2.69. The molecule has 0 saturated carbocycles. The van der Waals surface area contributed by atoms with Crippen LogP contribution in [-0.4, -0.2) is 66.0 Å². The van der Waals surface area contributed by atoms with Crippen molar-refractivity contribution in [2.45, 2.75) is 49.8 Å². The predicted octanol–water partition coefficient (Wildman–Crippen LogP) is 0.987. The summed E-state index contributed by atoms with van der Waals surface area (Å²) in [5.74, 6) is 0. The molecule has 3 aromatic rings. The lowest BCUT2D eigenvalue weighted by molar-refractivity contribution is -0.256. The van der Waals surface area contributed by atoms with Crippen LogP contribution in [-0.2, 0) is 14.0 Å². The standard InChI is InChI=1S/C27H33N3O6Si/c1-26(2,3)37(19-11-7-5-8-12-19,20-13-9-6-10-14-20)34-18-27-17-29(4)36-22(23(27)32)24(35-27)30-16-15-21(31)28-25(30)33/h5-16,22-24,32H,17-18H2,1-4H3,(H,28,31,33). The van der Waals surface area contributed by atoms with E-state index < -0.39 is 43.6 Å². The van der Waals surface area contributed by atoms with Gasteiger partial charge in [-0.3, -0.25) is 19.2 Å². The van der Waals surface area contributed by atoms with Gasteiger partial charge in [-0.1, -0.05) is 81.4 Å². The first kappa shape index (κ1) is 25.8. The topological polar surface area (TPSA) is 106 Å². The Hall–Kier alpha value is -2.86. The molecule has 3 heterocycles. The minimum atomic E-state index is -2.92. The molecular formula is C27H33N3O6Si. The minimum absolute atomic E-state index is 0.0836. The highest BCUT2D eigenvalue weighted by Crippen LogP contribution is 2.44. The zero-order valence-electron chi connectivity index (χ0n) is 21.5. The van der Waals surface area contributed by atoms with Crippen molar-refractivity contribution in [2.75, 3.05) is 20.2 Å². The predicted molar refractivity (Wildman–Crippen MR) is 141 cm³/mol. The maximum atomic E-state index is 12.6. The van der Waals surface area contributed by atoms with E-state index >= 15 is 0 Å². The maximum Gasteiger partial charge on any atom is 0.330 e. The fraction of sp³-hybridized carbons (Fsp3) is 0.407. The summed E-state index contributed by atoms with van der Waals surface area (Å²) >= 11 is 0. The largest absolute Gasteiger partial charge is 0.404 e. The van der Waals surface area contributed by atoms with Gasteiger partial charge < -0.3 is 14.3 Å². The number of rotatable bonds is 6. The number of benzene rings is 2. The Bertz CT molecular complexity index is 1320. The first-order valence-corrected chi connectivity index (χ1v) is 14.3. The Labute approximate surface area is 216 Å². The van der Waals surface area contributed by atoms with Gasteiger partial charge in [0.2, 0.25) is 0 Å². The average Bonchev–Trinajstić information content (AvgIpc) is 3.01. The van der Waals surface area contributed by atoms with Crippen molar-refractivity contribution in [3.05, 3.63) is 93.8 Å². The van der Waals surface area contributed by atoms with Crippen LogP contribution in [0.5, 0.6) is 0 Å². The molecule has 196 valence electrons. The third-order valence-electron chi connectivity index (χ3n) is 7.35. The summed E-state index contributed by atoms with van der Waals surface area (Å²) in [5.41, 5.74) is -2.30. The Kier molecular flexibility index (Phi) is 6.59. The second-order valence-electron chi connectivity index (χ2n) is 10.8. The highest BCUT2D eigenvalue weighted by molar-refractivity contribution is 6.99. The van der Waals surface area contributed by atoms with E-state index in [1.807, 2.05) is 36.4 Å². The van der Waals surface area contributed by atoms with Crippen molar-refractivity contribution < 1.29 is 19.1 Å². The molecule has 10 heteroatoms. The number of fused-ring (bicyclic) bond motifs is 2. The normalized spacial score (nSPS) is 26.4. The van der Waals surface area contributed by atoms with Gasteiger partial charge in [-0.15, -0.1) is 0 Å². The smallest absolute Gasteiger partial charge is 0.330 e. The Morgan fingerprint density at radius 3 is 2.19 bits per heavy atom. The van der Waals surface area contributed by atoms with Gasteiger partial charge in [0.1, 0.15) is 11.7 Å². The van der Waals surface area contributed by atoms with Crippen molar-refractivity contribution in [3.8, 4) is 0 Å². The molecule has 2 fully saturated rings. The monoisotopic (exact) mass is 523 g/mol. The molecule has 2 aliphatic rings. The average molecular weight is 524 g/mol. The maximum absolute atomic E-state index is 12.6. The quantitative estimate of drug-likeness (QED) is 0.464. The Balaban J connectivity index is 1.57. The third kappa shape index (κ3) is 4.33. The molecular weight excluding hydrogens is 490 g/mol. The van der Waals surface area contributed by atoms with Gasteiger partial charge in [0.25, 0.3) is 13.9 Å². The van der Waals surface area contributed by atoms with Crippen molar-refractivity contribution in [1.82, 2.24) is 14.6 Å². The number of aliphatic hydroxyl groups is 1. The molecule has 0 amide bonds. The van der Waals surface area contributed by atoms with E-state index in [0.717, 1.165) is 10.4 Å². The molecule has 4 unspecified atom stereocenters. The number of likely N-dealkylation sites (N-methyl/N-ethyl adjacent to an activating group) is 1. The molecule has 2 aromatic carbocycles. The third-order valence-corrected chi connectivity index (χ3v) is 12.3. The summed E-state index contributed by atoms with van der Waals surface area (Å²) in [6.07, 6.45) is -1.50. The number of hydrogen-bond donors (Lipinski definition) is 2. The summed E-state index contributed by atoms with van der Waals surface area (Å²) in [4.78, 5) is 32.4. The molecule has 5 rings (SSSR count). The molecule has 37 heavy (non-hydrogen) atoms. The van der Waals surface area contributed by atoms with Gasteiger partial charge in [0.05, 0.1) is 13.2 Å². The molecule has 0 radical (unpaired) electrons. The molecule has 1 aromatic heterocycles. The van der Waals surface area contributed by atoms with Crippen LogP contribution in [0.1, 0.15) is 27.0 Å². The summed E-state index contributed by atoms with van der Waals surface area (Å²) in [6.45, 7) is 6.87. The number of aromatic amines is 1. The van der Waals surface area contributed by atoms with Crippen LogP contribution >= 0.6 is 0 Å². The first-order chi connectivity index (χ1) is 17.6. The van der Waals surface area contributed by atoms with Crippen LogP contribution in [0.3, 0.4) is 0 Å². The van der Waals surface area contributed by atoms with Gasteiger partial charge in [-0.05, 0) is 15.4 Å². The molecule has 2 bridgehead atoms. The lowest BCUT2D eigenvalue weighted by Gasteiger charge is -2.46. The molecule has 2 N–H and O–H groups in total. The number of ether oxygens (including phenoxy) is 1. The number of aromatic nitrogens is 2. The summed E-state index contributed by atoms with van der Waals surface area (Å²) in [7, 11) is -1.15. The molecule has 9 nitrogen and oxygen atoms in total. The number of aliphatic hydroxyl groups excluding tert-OH is 1. The zero-order valence-corrected chi connectivity index (χ0v) is 22.5. The Morgan fingerprint density at radius 1 is 1.05 bits per heavy atom. The van der Waals surface area contributed by atoms with Gasteiger partial charge in [-0.25, -0.2) is 4.79 Å². The summed E-state index contributed by atoms with van der Waals surface area (Å²) in [5, 5.41) is 15.0. The van der Waals surface area contributed by atoms with E-state index in [4.69, 9.17) is 14.0 Å². The van der Waals surface area contributed by atoms with Crippen LogP contribution in [0.4, 0.5) is 0 Å². The van der Waals surface area contributed by atoms with Gasteiger partial charge in [-0.2, -0.15) is 5.06 Å². The highest BCUT2D eigenvalue weighted by atomic mass is 28.4. The van der Waals surface area contributed by atoms with E-state index in [9.17, 15) is 14.7 Å². The number of hydroxylamine groups is 2. The highest BCUT2D eigenvalue weighted by Gasteiger charge is 2.62. The molecule has 0 spiro atoms. The van der Waals surface area contributed by atoms with E-state index in [2.05, 4.69) is 50.0 Å². The second-order valence-corrected chi connectivity index (χ2v) is 15.1. The number of H-pyrrole nitrogens is 1. The van der Waals surface area contributed by atoms with Crippen LogP contribution < -0.4 is 21.6 Å². The van der Waals surface area contributed by atoms with Gasteiger partial charge in [0, 0.05) is 19.3 Å². The number of nitrogens with one attached hydrogen (secondary N) is 1. The van der Waals surface area contributed by atoms with Crippen LogP contribution in [0.25, 0.3) is 0 Å². The van der Waals surface area contributed by atoms with Gasteiger partial charge >= 0.3 is 5.69 Å². The second kappa shape index (κ2) is 9.46. The molecule has 2 saturated heterocycles. The van der Waals surface area contributed by atoms with E-state index in [-0.39, 0.29) is 18.2 Å². The van der Waals surface area contributed by atoms with Crippen LogP contribution in [0.15, 0.2) is 82.5 Å². The van der Waals surface area contributed by atoms with Crippen molar-refractivity contribution >= 4 is 18.7 Å².